The van der Waals surface area contributed by atoms with Gasteiger partial charge in [-0.1, -0.05) is 63.1 Å². The van der Waals surface area contributed by atoms with Gasteiger partial charge in [0.2, 0.25) is 5.91 Å². The number of carbonyl (C=O) groups is 1. The van der Waals surface area contributed by atoms with Crippen LogP contribution in [0.1, 0.15) is 53.4 Å². The van der Waals surface area contributed by atoms with Gasteiger partial charge in [0.15, 0.2) is 0 Å². The molecule has 0 saturated heterocycles. The number of nitrogens with one attached hydrogen (secondary N) is 1. The molecule has 0 aromatic rings. The molecule has 1 amide bonds. The van der Waals surface area contributed by atoms with Gasteiger partial charge in [-0.05, 0) is 24.2 Å². The molecular weight excluding hydrogens is 325 g/mol. The Morgan fingerprint density at radius 1 is 1.41 bits per heavy atom. The Labute approximate surface area is 119 Å². The van der Waals surface area contributed by atoms with Gasteiger partial charge >= 0.3 is 0 Å². The van der Waals surface area contributed by atoms with E-state index < -0.39 is 0 Å². The van der Waals surface area contributed by atoms with E-state index in [1.165, 1.54) is 19.3 Å². The highest BCUT2D eigenvalue weighted by atomic mass is 127. The van der Waals surface area contributed by atoms with Crippen LogP contribution in [0.3, 0.4) is 0 Å². The minimum absolute atomic E-state index is 0.176. The fourth-order valence-electron chi connectivity index (χ4n) is 2.65. The molecule has 1 fully saturated rings. The lowest BCUT2D eigenvalue weighted by Crippen LogP contribution is -2.47. The molecule has 0 spiro atoms. The summed E-state index contributed by atoms with van der Waals surface area (Å²) < 4.78 is 0.994. The maximum Gasteiger partial charge on any atom is 0.223 e. The normalized spacial score (nSPS) is 25.6. The summed E-state index contributed by atoms with van der Waals surface area (Å²) in [7, 11) is 0. The Balaban J connectivity index is 2.62. The first-order chi connectivity index (χ1) is 7.88. The molecule has 1 N–H and O–H groups in total. The van der Waals surface area contributed by atoms with Crippen molar-refractivity contribution in [1.82, 2.24) is 5.32 Å². The quantitative estimate of drug-likeness (QED) is 0.606. The molecule has 1 aliphatic carbocycles. The van der Waals surface area contributed by atoms with Gasteiger partial charge in [0.25, 0.3) is 0 Å². The standard InChI is InChI=1S/C14H26INO/c1-10(2)12(9-15)16-13(17)11-7-5-6-8-14(11,3)4/h10-12H,5-9H2,1-4H3,(H,16,17). The van der Waals surface area contributed by atoms with E-state index in [-0.39, 0.29) is 17.2 Å². The van der Waals surface area contributed by atoms with Crippen LogP contribution in [0.15, 0.2) is 0 Å². The van der Waals surface area contributed by atoms with Crippen LogP contribution in [0, 0.1) is 17.3 Å². The predicted molar refractivity (Wildman–Crippen MR) is 81.4 cm³/mol. The molecule has 0 bridgehead atoms. The molecule has 1 aliphatic rings. The first-order valence-corrected chi connectivity index (χ1v) is 8.27. The zero-order valence-corrected chi connectivity index (χ0v) is 13.7. The molecule has 1 rings (SSSR count). The highest BCUT2D eigenvalue weighted by Crippen LogP contribution is 2.40. The second kappa shape index (κ2) is 6.39. The summed E-state index contributed by atoms with van der Waals surface area (Å²) in [6.45, 7) is 8.83. The van der Waals surface area contributed by atoms with Crippen molar-refractivity contribution in [3.63, 3.8) is 0 Å². The SMILES string of the molecule is CC(C)C(CI)NC(=O)C1CCCCC1(C)C. The van der Waals surface area contributed by atoms with Crippen molar-refractivity contribution in [2.24, 2.45) is 17.3 Å². The largest absolute Gasteiger partial charge is 0.352 e. The van der Waals surface area contributed by atoms with Crippen molar-refractivity contribution in [3.8, 4) is 0 Å². The van der Waals surface area contributed by atoms with Crippen LogP contribution < -0.4 is 5.32 Å². The molecule has 0 aliphatic heterocycles. The predicted octanol–water partition coefficient (Wildman–Crippen LogP) is 3.78. The second-order valence-corrected chi connectivity index (χ2v) is 7.18. The summed E-state index contributed by atoms with van der Waals surface area (Å²) >= 11 is 2.36. The Morgan fingerprint density at radius 2 is 2.06 bits per heavy atom. The summed E-state index contributed by atoms with van der Waals surface area (Å²) in [5.74, 6) is 1.01. The van der Waals surface area contributed by atoms with Crippen LogP contribution in [-0.4, -0.2) is 16.4 Å². The van der Waals surface area contributed by atoms with Gasteiger partial charge in [0.05, 0.1) is 0 Å². The van der Waals surface area contributed by atoms with Crippen LogP contribution >= 0.6 is 22.6 Å². The highest BCUT2D eigenvalue weighted by molar-refractivity contribution is 14.1. The number of halogens is 1. The smallest absolute Gasteiger partial charge is 0.223 e. The van der Waals surface area contributed by atoms with Gasteiger partial charge in [0.1, 0.15) is 0 Å². The lowest BCUT2D eigenvalue weighted by Gasteiger charge is -2.38. The van der Waals surface area contributed by atoms with Gasteiger partial charge in [-0.2, -0.15) is 0 Å². The zero-order valence-electron chi connectivity index (χ0n) is 11.6. The van der Waals surface area contributed by atoms with Gasteiger partial charge < -0.3 is 5.32 Å². The van der Waals surface area contributed by atoms with Crippen LogP contribution in [0.2, 0.25) is 0 Å². The van der Waals surface area contributed by atoms with E-state index >= 15 is 0 Å². The number of hydrogen-bond acceptors (Lipinski definition) is 1. The van der Waals surface area contributed by atoms with E-state index in [2.05, 4.69) is 55.6 Å². The van der Waals surface area contributed by atoms with Crippen LogP contribution in [-0.2, 0) is 4.79 Å². The molecule has 2 atom stereocenters. The Kier molecular flexibility index (Phi) is 5.74. The fraction of sp³-hybridized carbons (Fsp3) is 0.929. The van der Waals surface area contributed by atoms with Crippen molar-refractivity contribution in [1.29, 1.82) is 0 Å². The molecule has 0 aromatic carbocycles. The molecule has 2 unspecified atom stereocenters. The van der Waals surface area contributed by atoms with E-state index in [4.69, 9.17) is 0 Å². The minimum atomic E-state index is 0.176. The summed E-state index contributed by atoms with van der Waals surface area (Å²) in [6.07, 6.45) is 4.72. The van der Waals surface area contributed by atoms with Gasteiger partial charge in [-0.3, -0.25) is 4.79 Å². The molecular formula is C14H26INO. The third kappa shape index (κ3) is 4.11. The molecule has 0 aromatic heterocycles. The average molecular weight is 351 g/mol. The van der Waals surface area contributed by atoms with Crippen LogP contribution in [0.25, 0.3) is 0 Å². The summed E-state index contributed by atoms with van der Waals surface area (Å²) in [5, 5.41) is 3.25. The molecule has 100 valence electrons. The Bertz CT molecular complexity index is 263. The first-order valence-electron chi connectivity index (χ1n) is 6.75. The van der Waals surface area contributed by atoms with Crippen LogP contribution in [0.5, 0.6) is 0 Å². The average Bonchev–Trinajstić information content (AvgIpc) is 2.24. The Morgan fingerprint density at radius 3 is 2.53 bits per heavy atom. The number of carbonyl (C=O) groups excluding carboxylic acids is 1. The third-order valence-corrected chi connectivity index (χ3v) is 5.07. The van der Waals surface area contributed by atoms with E-state index in [1.807, 2.05) is 0 Å². The lowest BCUT2D eigenvalue weighted by atomic mass is 9.68. The van der Waals surface area contributed by atoms with Crippen molar-refractivity contribution in [2.45, 2.75) is 59.4 Å². The van der Waals surface area contributed by atoms with Crippen LogP contribution in [0.4, 0.5) is 0 Å². The van der Waals surface area contributed by atoms with Gasteiger partial charge in [-0.25, -0.2) is 0 Å². The maximum absolute atomic E-state index is 12.4. The molecule has 0 heterocycles. The fourth-order valence-corrected chi connectivity index (χ4v) is 3.88. The zero-order chi connectivity index (χ0) is 13.1. The number of rotatable bonds is 4. The molecule has 2 nitrogen and oxygen atoms in total. The highest BCUT2D eigenvalue weighted by Gasteiger charge is 2.37. The van der Waals surface area contributed by atoms with Crippen molar-refractivity contribution in [2.75, 3.05) is 4.43 Å². The van der Waals surface area contributed by atoms with E-state index in [0.29, 0.717) is 12.0 Å². The van der Waals surface area contributed by atoms with E-state index in [1.54, 1.807) is 0 Å². The number of hydrogen-bond donors (Lipinski definition) is 1. The molecule has 1 saturated carbocycles. The van der Waals surface area contributed by atoms with E-state index in [0.717, 1.165) is 10.8 Å². The van der Waals surface area contributed by atoms with E-state index in [9.17, 15) is 4.79 Å². The molecule has 3 heteroatoms. The lowest BCUT2D eigenvalue weighted by molar-refractivity contribution is -0.131. The summed E-state index contributed by atoms with van der Waals surface area (Å²) in [6, 6.07) is 0.320. The van der Waals surface area contributed by atoms with Gasteiger partial charge in [0, 0.05) is 16.4 Å². The third-order valence-electron chi connectivity index (χ3n) is 4.12. The summed E-state index contributed by atoms with van der Waals surface area (Å²) in [4.78, 5) is 12.4. The number of alkyl halides is 1. The number of amides is 1. The Hall–Kier alpha value is 0.200. The molecule has 17 heavy (non-hydrogen) atoms. The monoisotopic (exact) mass is 351 g/mol. The minimum Gasteiger partial charge on any atom is -0.352 e. The van der Waals surface area contributed by atoms with Crippen molar-refractivity contribution >= 4 is 28.5 Å². The molecule has 0 radical (unpaired) electrons. The summed E-state index contributed by atoms with van der Waals surface area (Å²) in [5.41, 5.74) is 0.176. The maximum atomic E-state index is 12.4. The van der Waals surface area contributed by atoms with Gasteiger partial charge in [-0.15, -0.1) is 0 Å². The van der Waals surface area contributed by atoms with Crippen molar-refractivity contribution in [3.05, 3.63) is 0 Å². The second-order valence-electron chi connectivity index (χ2n) is 6.30. The first kappa shape index (κ1) is 15.3. The topological polar surface area (TPSA) is 29.1 Å². The van der Waals surface area contributed by atoms with Crippen molar-refractivity contribution < 1.29 is 4.79 Å².